The number of rotatable bonds is 9. The zero-order chi connectivity index (χ0) is 23.8. The van der Waals surface area contributed by atoms with Gasteiger partial charge in [-0.2, -0.15) is 0 Å². The smallest absolute Gasteiger partial charge is 0.371 e. The SMILES string of the molecule is COC(=O)[C@]1(OC)C=C[C@@H](NC(C)=O)C([C@H](OC(C)=O)[C@H](COC(C)=O)OC(C)=O)O1. The number of amides is 1. The average molecular weight is 445 g/mol. The van der Waals surface area contributed by atoms with Crippen LogP contribution in [0.1, 0.15) is 27.7 Å². The monoisotopic (exact) mass is 445 g/mol. The third kappa shape index (κ3) is 7.33. The van der Waals surface area contributed by atoms with Crippen LogP contribution in [0.25, 0.3) is 0 Å². The van der Waals surface area contributed by atoms with Gasteiger partial charge in [-0.1, -0.05) is 6.08 Å². The highest BCUT2D eigenvalue weighted by molar-refractivity contribution is 5.81. The predicted octanol–water partition coefficient (Wildman–Crippen LogP) is -0.612. The Morgan fingerprint density at radius 1 is 1.00 bits per heavy atom. The fourth-order valence-electron chi connectivity index (χ4n) is 2.90. The quantitative estimate of drug-likeness (QED) is 0.275. The normalized spacial score (nSPS) is 24.3. The number of methoxy groups -OCH3 is 2. The molecule has 1 aliphatic heterocycles. The minimum Gasteiger partial charge on any atom is -0.465 e. The molecule has 1 amide bonds. The highest BCUT2D eigenvalue weighted by Crippen LogP contribution is 2.30. The Balaban J connectivity index is 3.48. The molecule has 1 N–H and O–H groups in total. The molecule has 0 bridgehead atoms. The highest BCUT2D eigenvalue weighted by atomic mass is 16.7. The number of esters is 4. The van der Waals surface area contributed by atoms with Gasteiger partial charge in [0.25, 0.3) is 5.79 Å². The van der Waals surface area contributed by atoms with Crippen LogP contribution in [0.3, 0.4) is 0 Å². The Morgan fingerprint density at radius 3 is 2.06 bits per heavy atom. The summed E-state index contributed by atoms with van der Waals surface area (Å²) in [5.74, 6) is -5.65. The van der Waals surface area contributed by atoms with Crippen molar-refractivity contribution in [2.24, 2.45) is 0 Å². The van der Waals surface area contributed by atoms with Gasteiger partial charge < -0.3 is 33.7 Å². The lowest BCUT2D eigenvalue weighted by Crippen LogP contribution is -2.62. The molecule has 31 heavy (non-hydrogen) atoms. The van der Waals surface area contributed by atoms with Crippen molar-refractivity contribution >= 4 is 29.8 Å². The first-order valence-electron chi connectivity index (χ1n) is 9.21. The van der Waals surface area contributed by atoms with Crippen LogP contribution in [-0.2, 0) is 52.4 Å². The van der Waals surface area contributed by atoms with Gasteiger partial charge in [-0.3, -0.25) is 19.2 Å². The van der Waals surface area contributed by atoms with Crippen molar-refractivity contribution in [3.8, 4) is 0 Å². The lowest BCUT2D eigenvalue weighted by atomic mass is 9.95. The Bertz CT molecular complexity index is 734. The maximum Gasteiger partial charge on any atom is 0.371 e. The molecule has 0 aromatic carbocycles. The van der Waals surface area contributed by atoms with E-state index in [0.717, 1.165) is 27.9 Å². The second-order valence-corrected chi connectivity index (χ2v) is 6.56. The zero-order valence-electron chi connectivity index (χ0n) is 18.2. The molecular weight excluding hydrogens is 418 g/mol. The van der Waals surface area contributed by atoms with Crippen molar-refractivity contribution < 1.29 is 52.4 Å². The van der Waals surface area contributed by atoms with Gasteiger partial charge in [0.2, 0.25) is 5.91 Å². The van der Waals surface area contributed by atoms with E-state index in [2.05, 4.69) is 5.32 Å². The van der Waals surface area contributed by atoms with Crippen molar-refractivity contribution in [2.75, 3.05) is 20.8 Å². The topological polar surface area (TPSA) is 153 Å². The second kappa shape index (κ2) is 11.4. The van der Waals surface area contributed by atoms with E-state index in [4.69, 9.17) is 28.4 Å². The molecule has 0 aliphatic carbocycles. The summed E-state index contributed by atoms with van der Waals surface area (Å²) in [6.45, 7) is 4.10. The van der Waals surface area contributed by atoms with Crippen LogP contribution in [0.5, 0.6) is 0 Å². The van der Waals surface area contributed by atoms with E-state index in [0.29, 0.717) is 0 Å². The van der Waals surface area contributed by atoms with E-state index >= 15 is 0 Å². The van der Waals surface area contributed by atoms with Crippen LogP contribution in [-0.4, -0.2) is 80.8 Å². The van der Waals surface area contributed by atoms with Crippen molar-refractivity contribution in [2.45, 2.75) is 57.8 Å². The highest BCUT2D eigenvalue weighted by Gasteiger charge is 2.51. The molecule has 0 saturated heterocycles. The van der Waals surface area contributed by atoms with Gasteiger partial charge in [0, 0.05) is 34.8 Å². The molecule has 0 aromatic heterocycles. The second-order valence-electron chi connectivity index (χ2n) is 6.56. The van der Waals surface area contributed by atoms with Gasteiger partial charge in [0.05, 0.1) is 13.2 Å². The summed E-state index contributed by atoms with van der Waals surface area (Å²) >= 11 is 0. The number of carbonyl (C=O) groups is 5. The average Bonchev–Trinajstić information content (AvgIpc) is 2.68. The Kier molecular flexibility index (Phi) is 9.59. The summed E-state index contributed by atoms with van der Waals surface area (Å²) in [5.41, 5.74) is 0. The Morgan fingerprint density at radius 2 is 1.61 bits per heavy atom. The molecule has 1 unspecified atom stereocenters. The minimum atomic E-state index is -2.03. The molecule has 1 rings (SSSR count). The van der Waals surface area contributed by atoms with Gasteiger partial charge in [-0.05, 0) is 6.08 Å². The summed E-state index contributed by atoms with van der Waals surface area (Å²) in [7, 11) is 2.29. The maximum absolute atomic E-state index is 12.3. The first-order chi connectivity index (χ1) is 14.5. The molecule has 1 heterocycles. The third-order valence-electron chi connectivity index (χ3n) is 4.09. The lowest BCUT2D eigenvalue weighted by molar-refractivity contribution is -0.259. The summed E-state index contributed by atoms with van der Waals surface area (Å²) in [4.78, 5) is 58.8. The third-order valence-corrected chi connectivity index (χ3v) is 4.09. The number of ether oxygens (including phenoxy) is 6. The van der Waals surface area contributed by atoms with Gasteiger partial charge in [0.1, 0.15) is 12.7 Å². The van der Waals surface area contributed by atoms with Crippen molar-refractivity contribution in [1.82, 2.24) is 5.32 Å². The summed E-state index contributed by atoms with van der Waals surface area (Å²) in [5, 5.41) is 2.58. The standard InChI is InChI=1S/C19H27NO11/c1-10(21)20-14-7-8-19(27-6,18(25)26-5)31-16(14)17(30-13(4)24)15(29-12(3)23)9-28-11(2)22/h7-8,14-17H,9H2,1-6H3,(H,20,21)/t14-,15+,16?,17-,19+/m1/s1. The van der Waals surface area contributed by atoms with Crippen LogP contribution in [0, 0.1) is 0 Å². The lowest BCUT2D eigenvalue weighted by Gasteiger charge is -2.42. The number of hydrogen-bond acceptors (Lipinski definition) is 11. The van der Waals surface area contributed by atoms with Crippen LogP contribution in [0.2, 0.25) is 0 Å². The molecule has 12 heteroatoms. The largest absolute Gasteiger partial charge is 0.465 e. The van der Waals surface area contributed by atoms with Crippen molar-refractivity contribution in [3.05, 3.63) is 12.2 Å². The predicted molar refractivity (Wildman–Crippen MR) is 101 cm³/mol. The maximum atomic E-state index is 12.3. The molecule has 0 spiro atoms. The molecule has 0 aromatic rings. The fourth-order valence-corrected chi connectivity index (χ4v) is 2.90. The van der Waals surface area contributed by atoms with E-state index < -0.39 is 66.5 Å². The summed E-state index contributed by atoms with van der Waals surface area (Å²) < 4.78 is 31.2. The first-order valence-corrected chi connectivity index (χ1v) is 9.21. The molecular formula is C19H27NO11. The van der Waals surface area contributed by atoms with Gasteiger partial charge >= 0.3 is 23.9 Å². The fraction of sp³-hybridized carbons (Fsp3) is 0.632. The van der Waals surface area contributed by atoms with Crippen molar-refractivity contribution in [3.63, 3.8) is 0 Å². The van der Waals surface area contributed by atoms with Gasteiger partial charge in [-0.25, -0.2) is 4.79 Å². The molecule has 0 saturated carbocycles. The summed E-state index contributed by atoms with van der Waals surface area (Å²) in [6.07, 6.45) is -1.43. The first kappa shape index (κ1) is 26.0. The molecule has 174 valence electrons. The Hall–Kier alpha value is -2.99. The van der Waals surface area contributed by atoms with E-state index in [1.165, 1.54) is 26.2 Å². The van der Waals surface area contributed by atoms with Crippen LogP contribution < -0.4 is 5.32 Å². The van der Waals surface area contributed by atoms with Gasteiger partial charge in [-0.15, -0.1) is 0 Å². The van der Waals surface area contributed by atoms with Gasteiger partial charge in [0.15, 0.2) is 12.2 Å². The van der Waals surface area contributed by atoms with Crippen LogP contribution in [0.4, 0.5) is 0 Å². The number of hydrogen-bond donors (Lipinski definition) is 1. The van der Waals surface area contributed by atoms with Crippen LogP contribution in [0.15, 0.2) is 12.2 Å². The van der Waals surface area contributed by atoms with Crippen LogP contribution >= 0.6 is 0 Å². The molecule has 1 aliphatic rings. The van der Waals surface area contributed by atoms with Crippen molar-refractivity contribution in [1.29, 1.82) is 0 Å². The zero-order valence-corrected chi connectivity index (χ0v) is 18.2. The van der Waals surface area contributed by atoms with E-state index in [1.807, 2.05) is 0 Å². The molecule has 12 nitrogen and oxygen atoms in total. The van der Waals surface area contributed by atoms with E-state index in [9.17, 15) is 24.0 Å². The number of carbonyl (C=O) groups excluding carboxylic acids is 5. The number of nitrogens with one attached hydrogen (secondary N) is 1. The minimum absolute atomic E-state index is 0.461. The molecule has 0 radical (unpaired) electrons. The van der Waals surface area contributed by atoms with E-state index in [-0.39, 0.29) is 0 Å². The molecule has 0 fully saturated rings. The summed E-state index contributed by atoms with van der Waals surface area (Å²) in [6, 6.07) is -0.940. The van der Waals surface area contributed by atoms with E-state index in [1.54, 1.807) is 0 Å². The Labute approximate surface area is 179 Å². The molecule has 5 atom stereocenters.